The van der Waals surface area contributed by atoms with Crippen molar-refractivity contribution in [2.24, 2.45) is 23.5 Å². The molecule has 2 saturated carbocycles. The van der Waals surface area contributed by atoms with Crippen molar-refractivity contribution in [1.29, 1.82) is 0 Å². The molecular weight excluding hydrogens is 122 g/mol. The number of nitrogens with two attached hydrogens (primary N) is 1. The molecule has 0 spiro atoms. The van der Waals surface area contributed by atoms with E-state index in [9.17, 15) is 0 Å². The van der Waals surface area contributed by atoms with Crippen LogP contribution in [-0.2, 0) is 0 Å². The van der Waals surface area contributed by atoms with Gasteiger partial charge in [-0.15, -0.1) is 0 Å². The van der Waals surface area contributed by atoms with E-state index in [1.165, 1.54) is 25.7 Å². The second-order valence-corrected chi connectivity index (χ2v) is 4.19. The molecule has 10 heavy (non-hydrogen) atoms. The number of fused-ring (bicyclic) bond motifs is 1. The molecule has 0 aromatic carbocycles. The van der Waals surface area contributed by atoms with Gasteiger partial charge in [-0.2, -0.15) is 0 Å². The highest BCUT2D eigenvalue weighted by molar-refractivity contribution is 4.93. The van der Waals surface area contributed by atoms with E-state index in [2.05, 4.69) is 6.92 Å². The summed E-state index contributed by atoms with van der Waals surface area (Å²) in [5.74, 6) is 3.06. The molecule has 2 aliphatic carbocycles. The van der Waals surface area contributed by atoms with E-state index < -0.39 is 0 Å². The van der Waals surface area contributed by atoms with Crippen molar-refractivity contribution in [1.82, 2.24) is 0 Å². The molecule has 2 rings (SSSR count). The fourth-order valence-electron chi connectivity index (χ4n) is 2.36. The third-order valence-electron chi connectivity index (χ3n) is 3.33. The first-order chi connectivity index (χ1) is 4.77. The van der Waals surface area contributed by atoms with Crippen LogP contribution in [0.3, 0.4) is 0 Å². The zero-order valence-corrected chi connectivity index (χ0v) is 6.72. The van der Waals surface area contributed by atoms with Gasteiger partial charge in [0.25, 0.3) is 0 Å². The second-order valence-electron chi connectivity index (χ2n) is 4.19. The van der Waals surface area contributed by atoms with Crippen molar-refractivity contribution < 1.29 is 0 Å². The van der Waals surface area contributed by atoms with E-state index in [4.69, 9.17) is 5.73 Å². The van der Waals surface area contributed by atoms with Crippen molar-refractivity contribution in [3.8, 4) is 0 Å². The maximum Gasteiger partial charge on any atom is 0.00388 e. The van der Waals surface area contributed by atoms with Crippen molar-refractivity contribution in [2.75, 3.05) is 0 Å². The Balaban J connectivity index is 1.88. The van der Waals surface area contributed by atoms with Crippen LogP contribution in [0.15, 0.2) is 0 Å². The van der Waals surface area contributed by atoms with Crippen LogP contribution in [0.2, 0.25) is 0 Å². The number of rotatable bonds is 1. The molecule has 0 heterocycles. The van der Waals surface area contributed by atoms with Gasteiger partial charge in [0, 0.05) is 6.04 Å². The highest BCUT2D eigenvalue weighted by atomic mass is 14.6. The molecule has 0 aromatic rings. The average Bonchev–Trinajstić information content (AvgIpc) is 2.63. The van der Waals surface area contributed by atoms with Gasteiger partial charge in [-0.25, -0.2) is 0 Å². The maximum atomic E-state index is 5.85. The van der Waals surface area contributed by atoms with Crippen molar-refractivity contribution in [3.63, 3.8) is 0 Å². The second kappa shape index (κ2) is 2.23. The quantitative estimate of drug-likeness (QED) is 0.588. The molecule has 1 heteroatoms. The molecule has 58 valence electrons. The first-order valence-corrected chi connectivity index (χ1v) is 4.53. The molecule has 2 N–H and O–H groups in total. The third kappa shape index (κ3) is 1.07. The summed E-state index contributed by atoms with van der Waals surface area (Å²) >= 11 is 0. The molecule has 1 nitrogen and oxygen atoms in total. The number of hydrogen-bond donors (Lipinski definition) is 1. The highest BCUT2D eigenvalue weighted by Crippen LogP contribution is 2.51. The molecule has 0 amide bonds. The normalized spacial score (nSPS) is 48.0. The highest BCUT2D eigenvalue weighted by Gasteiger charge is 2.42. The fourth-order valence-corrected chi connectivity index (χ4v) is 2.36. The molecule has 3 unspecified atom stereocenters. The van der Waals surface area contributed by atoms with E-state index in [-0.39, 0.29) is 0 Å². The predicted molar refractivity (Wildman–Crippen MR) is 42.6 cm³/mol. The first-order valence-electron chi connectivity index (χ1n) is 4.53. The minimum atomic E-state index is 0.446. The number of hydrogen-bond acceptors (Lipinski definition) is 1. The van der Waals surface area contributed by atoms with E-state index in [1.54, 1.807) is 0 Å². The Bertz CT molecular complexity index is 131. The molecule has 0 aliphatic heterocycles. The lowest BCUT2D eigenvalue weighted by Gasteiger charge is -2.24. The molecule has 2 aliphatic rings. The van der Waals surface area contributed by atoms with E-state index in [1.807, 2.05) is 0 Å². The largest absolute Gasteiger partial charge is 0.328 e. The minimum absolute atomic E-state index is 0.446. The standard InChI is InChI=1S/C9H17N/c1-6(10)7-2-3-8-5-9(8)4-7/h6-9H,2-5,10H2,1H3/t6-,7?,8?,9?/m1/s1. The summed E-state index contributed by atoms with van der Waals surface area (Å²) in [6, 6.07) is 0.446. The minimum Gasteiger partial charge on any atom is -0.328 e. The van der Waals surface area contributed by atoms with Crippen LogP contribution in [0.1, 0.15) is 32.6 Å². The lowest BCUT2D eigenvalue weighted by atomic mass is 9.85. The smallest absolute Gasteiger partial charge is 0.00388 e. The first kappa shape index (κ1) is 6.66. The summed E-state index contributed by atoms with van der Waals surface area (Å²) in [4.78, 5) is 0. The van der Waals surface area contributed by atoms with Crippen molar-refractivity contribution >= 4 is 0 Å². The molecule has 0 saturated heterocycles. The molecule has 0 aromatic heterocycles. The van der Waals surface area contributed by atoms with Crippen LogP contribution in [-0.4, -0.2) is 6.04 Å². The maximum absolute atomic E-state index is 5.85. The van der Waals surface area contributed by atoms with Crippen LogP contribution < -0.4 is 5.73 Å². The molecular formula is C9H17N. The van der Waals surface area contributed by atoms with Crippen molar-refractivity contribution in [3.05, 3.63) is 0 Å². The van der Waals surface area contributed by atoms with Gasteiger partial charge >= 0.3 is 0 Å². The van der Waals surface area contributed by atoms with Gasteiger partial charge in [0.05, 0.1) is 0 Å². The van der Waals surface area contributed by atoms with Crippen LogP contribution in [0.5, 0.6) is 0 Å². The summed E-state index contributed by atoms with van der Waals surface area (Å²) in [5, 5.41) is 0. The van der Waals surface area contributed by atoms with Gasteiger partial charge in [0.15, 0.2) is 0 Å². The van der Waals surface area contributed by atoms with Gasteiger partial charge in [-0.3, -0.25) is 0 Å². The van der Waals surface area contributed by atoms with E-state index >= 15 is 0 Å². The van der Waals surface area contributed by atoms with Gasteiger partial charge < -0.3 is 5.73 Å². The van der Waals surface area contributed by atoms with Gasteiger partial charge in [-0.1, -0.05) is 0 Å². The molecule has 0 bridgehead atoms. The topological polar surface area (TPSA) is 26.0 Å². The van der Waals surface area contributed by atoms with Gasteiger partial charge in [0.2, 0.25) is 0 Å². The Morgan fingerprint density at radius 2 is 2.00 bits per heavy atom. The summed E-state index contributed by atoms with van der Waals surface area (Å²) in [7, 11) is 0. The van der Waals surface area contributed by atoms with Gasteiger partial charge in [-0.05, 0) is 50.4 Å². The van der Waals surface area contributed by atoms with E-state index in [0.717, 1.165) is 17.8 Å². The predicted octanol–water partition coefficient (Wildman–Crippen LogP) is 1.77. The zero-order chi connectivity index (χ0) is 7.14. The summed E-state index contributed by atoms with van der Waals surface area (Å²) in [5.41, 5.74) is 5.85. The SMILES string of the molecule is C[C@@H](N)C1CCC2CC2C1. The lowest BCUT2D eigenvalue weighted by Crippen LogP contribution is -2.28. The van der Waals surface area contributed by atoms with Gasteiger partial charge in [0.1, 0.15) is 0 Å². The molecule has 0 radical (unpaired) electrons. The van der Waals surface area contributed by atoms with Crippen LogP contribution in [0, 0.1) is 17.8 Å². The molecule has 2 fully saturated rings. The Morgan fingerprint density at radius 3 is 2.60 bits per heavy atom. The Morgan fingerprint density at radius 1 is 1.20 bits per heavy atom. The van der Waals surface area contributed by atoms with Crippen LogP contribution >= 0.6 is 0 Å². The third-order valence-corrected chi connectivity index (χ3v) is 3.33. The average molecular weight is 139 g/mol. The lowest BCUT2D eigenvalue weighted by molar-refractivity contribution is 0.304. The summed E-state index contributed by atoms with van der Waals surface area (Å²) in [6.45, 7) is 2.16. The molecule has 4 atom stereocenters. The Hall–Kier alpha value is -0.0400. The van der Waals surface area contributed by atoms with Crippen molar-refractivity contribution in [2.45, 2.75) is 38.6 Å². The van der Waals surface area contributed by atoms with E-state index in [0.29, 0.717) is 6.04 Å². The summed E-state index contributed by atoms with van der Waals surface area (Å²) in [6.07, 6.45) is 5.82. The monoisotopic (exact) mass is 139 g/mol. The zero-order valence-electron chi connectivity index (χ0n) is 6.72. The Kier molecular flexibility index (Phi) is 1.48. The summed E-state index contributed by atoms with van der Waals surface area (Å²) < 4.78 is 0. The fraction of sp³-hybridized carbons (Fsp3) is 1.00. The van der Waals surface area contributed by atoms with Crippen LogP contribution in [0.4, 0.5) is 0 Å². The Labute approximate surface area is 63.0 Å². The van der Waals surface area contributed by atoms with Crippen LogP contribution in [0.25, 0.3) is 0 Å².